The van der Waals surface area contributed by atoms with Crippen LogP contribution in [-0.4, -0.2) is 4.57 Å². The Morgan fingerprint density at radius 3 is 1.83 bits per heavy atom. The molecule has 0 amide bonds. The minimum Gasteiger partial charge on any atom is -0.309 e. The van der Waals surface area contributed by atoms with Crippen molar-refractivity contribution in [1.82, 2.24) is 4.57 Å². The predicted octanol–water partition coefficient (Wildman–Crippen LogP) is 7.69. The van der Waals surface area contributed by atoms with Gasteiger partial charge in [0.2, 0.25) is 0 Å². The molecule has 36 heavy (non-hydrogen) atoms. The number of fused-ring (bicyclic) bond motifs is 6. The van der Waals surface area contributed by atoms with E-state index in [-0.39, 0.29) is 5.92 Å². The Labute approximate surface area is 208 Å². The van der Waals surface area contributed by atoms with E-state index in [0.29, 0.717) is 11.1 Å². The lowest BCUT2D eigenvalue weighted by molar-refractivity contribution is 1.01. The molecule has 3 heteroatoms. The third kappa shape index (κ3) is 2.84. The second kappa shape index (κ2) is 7.70. The maximum absolute atomic E-state index is 9.50. The molecule has 3 nitrogen and oxygen atoms in total. The molecule has 0 fully saturated rings. The topological polar surface area (TPSA) is 52.5 Å². The van der Waals surface area contributed by atoms with Gasteiger partial charge in [-0.3, -0.25) is 0 Å². The van der Waals surface area contributed by atoms with Crippen molar-refractivity contribution in [2.75, 3.05) is 0 Å². The van der Waals surface area contributed by atoms with Crippen LogP contribution in [0.2, 0.25) is 0 Å². The molecule has 5 aromatic carbocycles. The number of rotatable bonds is 2. The first-order chi connectivity index (χ1) is 17.8. The molecule has 166 valence electrons. The van der Waals surface area contributed by atoms with Crippen molar-refractivity contribution in [2.24, 2.45) is 0 Å². The maximum atomic E-state index is 9.50. The van der Waals surface area contributed by atoms with Crippen LogP contribution in [0.1, 0.15) is 33.7 Å². The normalized spacial score (nSPS) is 13.8. The third-order valence-electron chi connectivity index (χ3n) is 7.32. The highest BCUT2D eigenvalue weighted by Crippen LogP contribution is 2.48. The van der Waals surface area contributed by atoms with E-state index in [0.717, 1.165) is 27.5 Å². The van der Waals surface area contributed by atoms with Gasteiger partial charge < -0.3 is 4.57 Å². The van der Waals surface area contributed by atoms with Gasteiger partial charge in [-0.05, 0) is 76.3 Å². The number of aromatic nitrogens is 1. The van der Waals surface area contributed by atoms with Crippen LogP contribution in [0.15, 0.2) is 109 Å². The molecule has 0 bridgehead atoms. The van der Waals surface area contributed by atoms with Gasteiger partial charge in [-0.15, -0.1) is 0 Å². The lowest BCUT2D eigenvalue weighted by Gasteiger charge is -2.15. The largest absolute Gasteiger partial charge is 0.309 e. The van der Waals surface area contributed by atoms with Crippen LogP contribution in [0.5, 0.6) is 0 Å². The van der Waals surface area contributed by atoms with Crippen LogP contribution in [0.3, 0.4) is 0 Å². The third-order valence-corrected chi connectivity index (χ3v) is 7.32. The lowest BCUT2D eigenvalue weighted by Crippen LogP contribution is -1.99. The molecule has 0 radical (unpaired) electrons. The molecule has 1 unspecified atom stereocenters. The smallest absolute Gasteiger partial charge is 0.0991 e. The molecule has 1 aliphatic carbocycles. The Bertz CT molecular complexity index is 1840. The standard InChI is InChI=1S/C33H19N3/c34-19-21-10-14-31-29(16-21)30-17-22(20-35)11-15-32(30)36(31)24-12-13-27-28(18-24)25-8-4-5-9-26(25)33(27)23-6-2-1-3-7-23/h1-18,33H. The summed E-state index contributed by atoms with van der Waals surface area (Å²) in [5.74, 6) is 0.209. The first-order valence-corrected chi connectivity index (χ1v) is 11.9. The zero-order chi connectivity index (χ0) is 24.2. The van der Waals surface area contributed by atoms with Crippen LogP contribution in [0, 0.1) is 22.7 Å². The van der Waals surface area contributed by atoms with Gasteiger partial charge in [0, 0.05) is 22.4 Å². The SMILES string of the molecule is N#Cc1ccc2c(c1)c1cc(C#N)ccc1n2-c1ccc2c(c1)-c1ccccc1C2c1ccccc1. The average Bonchev–Trinajstić information content (AvgIpc) is 3.45. The van der Waals surface area contributed by atoms with Crippen molar-refractivity contribution in [3.63, 3.8) is 0 Å². The summed E-state index contributed by atoms with van der Waals surface area (Å²) in [4.78, 5) is 0. The molecular formula is C33H19N3. The van der Waals surface area contributed by atoms with E-state index < -0.39 is 0 Å². The Balaban J connectivity index is 1.51. The van der Waals surface area contributed by atoms with E-state index >= 15 is 0 Å². The maximum Gasteiger partial charge on any atom is 0.0991 e. The van der Waals surface area contributed by atoms with Crippen LogP contribution >= 0.6 is 0 Å². The van der Waals surface area contributed by atoms with Crippen LogP contribution in [0.25, 0.3) is 38.6 Å². The number of nitriles is 2. The minimum atomic E-state index is 0.209. The molecule has 0 saturated heterocycles. The highest BCUT2D eigenvalue weighted by atomic mass is 15.0. The van der Waals surface area contributed by atoms with Gasteiger partial charge in [0.15, 0.2) is 0 Å². The van der Waals surface area contributed by atoms with Gasteiger partial charge in [-0.25, -0.2) is 0 Å². The highest BCUT2D eigenvalue weighted by molar-refractivity contribution is 6.10. The Kier molecular flexibility index (Phi) is 4.34. The van der Waals surface area contributed by atoms with E-state index in [1.54, 1.807) is 0 Å². The highest BCUT2D eigenvalue weighted by Gasteiger charge is 2.30. The van der Waals surface area contributed by atoms with Crippen molar-refractivity contribution >= 4 is 21.8 Å². The van der Waals surface area contributed by atoms with Crippen molar-refractivity contribution in [3.05, 3.63) is 137 Å². The van der Waals surface area contributed by atoms with Crippen LogP contribution in [-0.2, 0) is 0 Å². The van der Waals surface area contributed by atoms with Gasteiger partial charge in [-0.1, -0.05) is 60.7 Å². The summed E-state index contributed by atoms with van der Waals surface area (Å²) in [5.41, 5.74) is 10.8. The van der Waals surface area contributed by atoms with E-state index in [4.69, 9.17) is 0 Å². The molecule has 1 atom stereocenters. The van der Waals surface area contributed by atoms with Crippen LogP contribution in [0.4, 0.5) is 0 Å². The van der Waals surface area contributed by atoms with Gasteiger partial charge in [0.1, 0.15) is 0 Å². The molecule has 0 spiro atoms. The number of hydrogen-bond acceptors (Lipinski definition) is 2. The van der Waals surface area contributed by atoms with Gasteiger partial charge in [0.25, 0.3) is 0 Å². The fourth-order valence-corrected chi connectivity index (χ4v) is 5.78. The quantitative estimate of drug-likeness (QED) is 0.267. The first-order valence-electron chi connectivity index (χ1n) is 11.9. The van der Waals surface area contributed by atoms with Gasteiger partial charge in [-0.2, -0.15) is 10.5 Å². The summed E-state index contributed by atoms with van der Waals surface area (Å²) < 4.78 is 2.24. The van der Waals surface area contributed by atoms with Crippen LogP contribution < -0.4 is 0 Å². The summed E-state index contributed by atoms with van der Waals surface area (Å²) >= 11 is 0. The molecule has 1 aromatic heterocycles. The molecule has 1 aliphatic rings. The predicted molar refractivity (Wildman–Crippen MR) is 143 cm³/mol. The first kappa shape index (κ1) is 20.3. The number of hydrogen-bond donors (Lipinski definition) is 0. The van der Waals surface area contributed by atoms with Crippen molar-refractivity contribution in [1.29, 1.82) is 10.5 Å². The fraction of sp³-hybridized carbons (Fsp3) is 0.0303. The van der Waals surface area contributed by atoms with Crippen molar-refractivity contribution in [2.45, 2.75) is 5.92 Å². The van der Waals surface area contributed by atoms with Crippen molar-refractivity contribution < 1.29 is 0 Å². The van der Waals surface area contributed by atoms with E-state index in [1.807, 2.05) is 36.4 Å². The molecule has 7 rings (SSSR count). The second-order valence-electron chi connectivity index (χ2n) is 9.23. The van der Waals surface area contributed by atoms with Gasteiger partial charge >= 0.3 is 0 Å². The monoisotopic (exact) mass is 457 g/mol. The van der Waals surface area contributed by atoms with E-state index in [1.165, 1.54) is 27.8 Å². The Morgan fingerprint density at radius 1 is 0.556 bits per heavy atom. The second-order valence-corrected chi connectivity index (χ2v) is 9.23. The number of benzene rings is 5. The minimum absolute atomic E-state index is 0.209. The van der Waals surface area contributed by atoms with E-state index in [2.05, 4.69) is 89.5 Å². The Morgan fingerprint density at radius 2 is 1.17 bits per heavy atom. The van der Waals surface area contributed by atoms with E-state index in [9.17, 15) is 10.5 Å². The molecule has 6 aromatic rings. The van der Waals surface area contributed by atoms with Gasteiger partial charge in [0.05, 0.1) is 34.3 Å². The zero-order valence-corrected chi connectivity index (χ0v) is 19.3. The lowest BCUT2D eigenvalue weighted by atomic mass is 9.89. The summed E-state index contributed by atoms with van der Waals surface area (Å²) in [5, 5.41) is 21.0. The summed E-state index contributed by atoms with van der Waals surface area (Å²) in [6.07, 6.45) is 0. The molecule has 0 aliphatic heterocycles. The molecule has 1 heterocycles. The number of nitrogens with zero attached hydrogens (tertiary/aromatic N) is 3. The fourth-order valence-electron chi connectivity index (χ4n) is 5.78. The van der Waals surface area contributed by atoms with Crippen molar-refractivity contribution in [3.8, 4) is 29.0 Å². The Hall–Kier alpha value is -5.12. The zero-order valence-electron chi connectivity index (χ0n) is 19.3. The molecule has 0 N–H and O–H groups in total. The summed E-state index contributed by atoms with van der Waals surface area (Å²) in [6, 6.07) is 42.2. The molecular weight excluding hydrogens is 438 g/mol. The summed E-state index contributed by atoms with van der Waals surface area (Å²) in [7, 11) is 0. The summed E-state index contributed by atoms with van der Waals surface area (Å²) in [6.45, 7) is 0. The average molecular weight is 458 g/mol. The molecule has 0 saturated carbocycles.